The molecule has 5 rings (SSSR count). The Hall–Kier alpha value is -3.80. The fraction of sp³-hybridized carbons (Fsp3) is 0.273. The first-order valence-electron chi connectivity index (χ1n) is 10.9. The van der Waals surface area contributed by atoms with Crippen molar-refractivity contribution in [1.82, 2.24) is 43.9 Å². The van der Waals surface area contributed by atoms with E-state index < -0.39 is 0 Å². The van der Waals surface area contributed by atoms with Gasteiger partial charge >= 0.3 is 0 Å². The molecule has 0 unspecified atom stereocenters. The van der Waals surface area contributed by atoms with Gasteiger partial charge in [-0.25, -0.2) is 9.50 Å². The van der Waals surface area contributed by atoms with E-state index in [-0.39, 0.29) is 11.6 Å². The number of aromatic nitrogens is 9. The molecule has 11 nitrogen and oxygen atoms in total. The third kappa shape index (κ3) is 4.00. The summed E-state index contributed by atoms with van der Waals surface area (Å²) in [4.78, 5) is 17.3. The molecular weight excluding hydrogens is 500 g/mol. The number of rotatable bonds is 7. The van der Waals surface area contributed by atoms with Crippen LogP contribution in [0.5, 0.6) is 0 Å². The smallest absolute Gasteiger partial charge is 0.276 e. The number of hydrogen-bond acceptors (Lipinski definition) is 6. The Kier molecular flexibility index (Phi) is 5.74. The van der Waals surface area contributed by atoms with Gasteiger partial charge in [-0.1, -0.05) is 0 Å². The Bertz CT molecular complexity index is 1490. The Morgan fingerprint density at radius 3 is 2.68 bits per heavy atom. The topological polar surface area (TPSA) is 113 Å². The van der Waals surface area contributed by atoms with Gasteiger partial charge in [0.25, 0.3) is 5.91 Å². The lowest BCUT2D eigenvalue weighted by atomic mass is 10.2. The number of fused-ring (bicyclic) bond motifs is 1. The minimum absolute atomic E-state index is 0.249. The van der Waals surface area contributed by atoms with Gasteiger partial charge in [0, 0.05) is 49.0 Å². The average molecular weight is 523 g/mol. The highest BCUT2D eigenvalue weighted by Gasteiger charge is 2.18. The molecule has 0 saturated heterocycles. The molecule has 1 N–H and O–H groups in total. The van der Waals surface area contributed by atoms with E-state index in [1.807, 2.05) is 41.7 Å². The molecule has 5 heterocycles. The number of aryl methyl sites for hydroxylation is 2. The zero-order chi connectivity index (χ0) is 23.8. The van der Waals surface area contributed by atoms with Gasteiger partial charge in [0.15, 0.2) is 11.3 Å². The van der Waals surface area contributed by atoms with Gasteiger partial charge in [0.2, 0.25) is 0 Å². The molecule has 5 aromatic heterocycles. The highest BCUT2D eigenvalue weighted by atomic mass is 79.9. The highest BCUT2D eigenvalue weighted by molar-refractivity contribution is 9.10. The van der Waals surface area contributed by atoms with Crippen LogP contribution in [0.4, 0.5) is 5.69 Å². The standard InChI is InChI=1S/C22H23BrN10O/c1-4-30-13-17(23)21(29-30)19-6-7-24-20-8-18(28-33(19)20)22(34)27-16-10-25-31(12-16)11-15-9-26-32(5-2)14(15)3/h6-10,12-13H,4-5,11H2,1-3H3,(H,27,34). The van der Waals surface area contributed by atoms with Crippen molar-refractivity contribution in [2.75, 3.05) is 5.32 Å². The van der Waals surface area contributed by atoms with Crippen LogP contribution in [0.1, 0.15) is 35.6 Å². The van der Waals surface area contributed by atoms with Crippen LogP contribution in [0.25, 0.3) is 17.0 Å². The molecule has 0 aromatic carbocycles. The summed E-state index contributed by atoms with van der Waals surface area (Å²) in [6, 6.07) is 3.47. The van der Waals surface area contributed by atoms with Gasteiger partial charge in [-0.15, -0.1) is 0 Å². The van der Waals surface area contributed by atoms with E-state index in [0.29, 0.717) is 17.9 Å². The molecule has 174 valence electrons. The normalized spacial score (nSPS) is 11.4. The third-order valence-electron chi connectivity index (χ3n) is 5.60. The summed E-state index contributed by atoms with van der Waals surface area (Å²) in [7, 11) is 0. The number of anilines is 1. The van der Waals surface area contributed by atoms with Gasteiger partial charge in [-0.2, -0.15) is 20.4 Å². The van der Waals surface area contributed by atoms with E-state index in [0.717, 1.165) is 40.2 Å². The first kappa shape index (κ1) is 22.0. The summed E-state index contributed by atoms with van der Waals surface area (Å²) in [6.45, 7) is 8.24. The van der Waals surface area contributed by atoms with Gasteiger partial charge in [0.05, 0.1) is 34.8 Å². The van der Waals surface area contributed by atoms with E-state index in [9.17, 15) is 4.79 Å². The average Bonchev–Trinajstić information content (AvgIpc) is 3.61. The molecule has 12 heteroatoms. The van der Waals surface area contributed by atoms with Crippen LogP contribution in [0.2, 0.25) is 0 Å². The summed E-state index contributed by atoms with van der Waals surface area (Å²) in [5, 5.41) is 20.7. The van der Waals surface area contributed by atoms with E-state index in [1.165, 1.54) is 0 Å². The van der Waals surface area contributed by atoms with Gasteiger partial charge in [-0.05, 0) is 42.8 Å². The largest absolute Gasteiger partial charge is 0.318 e. The Balaban J connectivity index is 1.36. The summed E-state index contributed by atoms with van der Waals surface area (Å²) in [5.74, 6) is -0.343. The summed E-state index contributed by atoms with van der Waals surface area (Å²) in [5.41, 5.74) is 5.04. The molecule has 1 amide bonds. The van der Waals surface area contributed by atoms with Crippen molar-refractivity contribution in [3.8, 4) is 11.4 Å². The lowest BCUT2D eigenvalue weighted by molar-refractivity contribution is 0.102. The number of nitrogens with zero attached hydrogens (tertiary/aromatic N) is 9. The first-order chi connectivity index (χ1) is 16.5. The van der Waals surface area contributed by atoms with Crippen molar-refractivity contribution in [2.24, 2.45) is 0 Å². The van der Waals surface area contributed by atoms with Crippen molar-refractivity contribution in [3.05, 3.63) is 64.5 Å². The quantitative estimate of drug-likeness (QED) is 0.350. The summed E-state index contributed by atoms with van der Waals surface area (Å²) < 4.78 is 8.01. The molecule has 0 fully saturated rings. The number of halogens is 1. The molecule has 0 atom stereocenters. The predicted octanol–water partition coefficient (Wildman–Crippen LogP) is 3.40. The minimum Gasteiger partial charge on any atom is -0.318 e. The number of carbonyl (C=O) groups is 1. The van der Waals surface area contributed by atoms with Crippen molar-refractivity contribution < 1.29 is 4.79 Å². The van der Waals surface area contributed by atoms with Crippen molar-refractivity contribution in [1.29, 1.82) is 0 Å². The lowest BCUT2D eigenvalue weighted by Crippen LogP contribution is -2.12. The second-order valence-corrected chi connectivity index (χ2v) is 8.62. The fourth-order valence-corrected chi connectivity index (χ4v) is 4.28. The maximum absolute atomic E-state index is 12.9. The number of hydrogen-bond donors (Lipinski definition) is 1. The van der Waals surface area contributed by atoms with Crippen LogP contribution in [-0.4, -0.2) is 49.8 Å². The molecule has 34 heavy (non-hydrogen) atoms. The number of nitrogens with one attached hydrogen (secondary N) is 1. The van der Waals surface area contributed by atoms with Crippen LogP contribution < -0.4 is 5.32 Å². The van der Waals surface area contributed by atoms with E-state index in [2.05, 4.69) is 53.5 Å². The number of amides is 1. The third-order valence-corrected chi connectivity index (χ3v) is 6.18. The molecule has 0 saturated carbocycles. The van der Waals surface area contributed by atoms with Crippen LogP contribution in [0.15, 0.2) is 47.6 Å². The maximum atomic E-state index is 12.9. The molecule has 5 aromatic rings. The Labute approximate surface area is 203 Å². The van der Waals surface area contributed by atoms with Crippen LogP contribution in [0, 0.1) is 6.92 Å². The van der Waals surface area contributed by atoms with Gasteiger partial charge < -0.3 is 5.32 Å². The molecule has 0 radical (unpaired) electrons. The van der Waals surface area contributed by atoms with E-state index in [1.54, 1.807) is 33.9 Å². The zero-order valence-corrected chi connectivity index (χ0v) is 20.6. The molecule has 0 aliphatic rings. The van der Waals surface area contributed by atoms with Crippen LogP contribution in [0.3, 0.4) is 0 Å². The molecule has 0 aliphatic carbocycles. The van der Waals surface area contributed by atoms with Gasteiger partial charge in [-0.3, -0.25) is 18.8 Å². The van der Waals surface area contributed by atoms with Crippen molar-refractivity contribution in [2.45, 2.75) is 40.4 Å². The summed E-state index contributed by atoms with van der Waals surface area (Å²) >= 11 is 3.56. The van der Waals surface area contributed by atoms with Crippen LogP contribution >= 0.6 is 15.9 Å². The first-order valence-corrected chi connectivity index (χ1v) is 11.7. The Morgan fingerprint density at radius 1 is 1.09 bits per heavy atom. The van der Waals surface area contributed by atoms with E-state index in [4.69, 9.17) is 0 Å². The van der Waals surface area contributed by atoms with Crippen molar-refractivity contribution >= 4 is 33.2 Å². The SMILES string of the molecule is CCn1cc(Br)c(-c2ccnc3cc(C(=O)Nc4cnn(Cc5cnn(CC)c5C)c4)nn23)n1. The number of carbonyl (C=O) groups excluding carboxylic acids is 1. The van der Waals surface area contributed by atoms with Crippen molar-refractivity contribution in [3.63, 3.8) is 0 Å². The second kappa shape index (κ2) is 8.86. The summed E-state index contributed by atoms with van der Waals surface area (Å²) in [6.07, 6.45) is 8.84. The predicted molar refractivity (Wildman–Crippen MR) is 130 cm³/mol. The van der Waals surface area contributed by atoms with E-state index >= 15 is 0 Å². The molecule has 0 aliphatic heterocycles. The zero-order valence-electron chi connectivity index (χ0n) is 19.0. The van der Waals surface area contributed by atoms with Crippen LogP contribution in [-0.2, 0) is 19.6 Å². The monoisotopic (exact) mass is 522 g/mol. The minimum atomic E-state index is -0.343. The molecular formula is C22H23BrN10O. The lowest BCUT2D eigenvalue weighted by Gasteiger charge is -2.03. The van der Waals surface area contributed by atoms with Gasteiger partial charge in [0.1, 0.15) is 5.69 Å². The molecule has 0 bridgehead atoms. The highest BCUT2D eigenvalue weighted by Crippen LogP contribution is 2.27. The fourth-order valence-electron chi connectivity index (χ4n) is 3.76. The Morgan fingerprint density at radius 2 is 1.94 bits per heavy atom. The maximum Gasteiger partial charge on any atom is 0.276 e. The molecule has 0 spiro atoms. The second-order valence-electron chi connectivity index (χ2n) is 7.76.